The number of amides is 1. The van der Waals surface area contributed by atoms with Gasteiger partial charge >= 0.3 is 0 Å². The Morgan fingerprint density at radius 2 is 2.00 bits per heavy atom. The first-order valence-electron chi connectivity index (χ1n) is 10.0. The molecule has 158 valence electrons. The van der Waals surface area contributed by atoms with E-state index in [1.807, 2.05) is 24.3 Å². The van der Waals surface area contributed by atoms with E-state index >= 15 is 0 Å². The van der Waals surface area contributed by atoms with Gasteiger partial charge in [0.05, 0.1) is 11.0 Å². The van der Waals surface area contributed by atoms with Gasteiger partial charge in [-0.05, 0) is 62.4 Å². The van der Waals surface area contributed by atoms with Crippen molar-refractivity contribution in [3.05, 3.63) is 54.1 Å². The van der Waals surface area contributed by atoms with Crippen molar-refractivity contribution < 1.29 is 18.7 Å². The lowest BCUT2D eigenvalue weighted by Gasteiger charge is -2.29. The number of halogens is 1. The van der Waals surface area contributed by atoms with Crippen LogP contribution in [-0.4, -0.2) is 53.6 Å². The maximum absolute atomic E-state index is 13.2. The molecule has 1 aromatic heterocycles. The molecule has 1 saturated heterocycles. The number of carbonyl (C=O) groups is 1. The minimum atomic E-state index is -0.333. The van der Waals surface area contributed by atoms with Gasteiger partial charge in [-0.3, -0.25) is 4.79 Å². The summed E-state index contributed by atoms with van der Waals surface area (Å²) in [6, 6.07) is 11.7. The molecule has 0 saturated carbocycles. The van der Waals surface area contributed by atoms with Gasteiger partial charge in [0.1, 0.15) is 36.7 Å². The largest absolute Gasteiger partial charge is 0.490 e. The molecule has 1 aliphatic heterocycles. The zero-order valence-electron chi connectivity index (χ0n) is 16.9. The average molecular weight is 412 g/mol. The van der Waals surface area contributed by atoms with Crippen molar-refractivity contribution in [2.75, 3.05) is 32.1 Å². The van der Waals surface area contributed by atoms with Crippen LogP contribution in [0.1, 0.15) is 18.7 Å². The second-order valence-electron chi connectivity index (χ2n) is 7.53. The lowest BCUT2D eigenvalue weighted by Crippen LogP contribution is -2.35. The first kappa shape index (κ1) is 20.3. The maximum Gasteiger partial charge on any atom is 0.250 e. The second kappa shape index (κ2) is 9.23. The van der Waals surface area contributed by atoms with Crippen LogP contribution in [-0.2, 0) is 16.1 Å². The number of aromatic nitrogens is 2. The number of fused-ring (bicyclic) bond motifs is 1. The third kappa shape index (κ3) is 5.34. The molecule has 2 N–H and O–H groups in total. The number of anilines is 1. The maximum atomic E-state index is 13.2. The molecule has 0 unspecified atom stereocenters. The summed E-state index contributed by atoms with van der Waals surface area (Å²) in [6.07, 6.45) is 2.28. The summed E-state index contributed by atoms with van der Waals surface area (Å²) in [5.74, 6) is 0.751. The molecule has 0 radical (unpaired) electrons. The van der Waals surface area contributed by atoms with E-state index in [1.54, 1.807) is 6.07 Å². The van der Waals surface area contributed by atoms with Gasteiger partial charge in [0.25, 0.3) is 0 Å². The number of likely N-dealkylation sites (tertiary alicyclic amines) is 1. The number of benzene rings is 2. The fraction of sp³-hybridized carbons (Fsp3) is 0.364. The Labute approximate surface area is 174 Å². The first-order valence-corrected chi connectivity index (χ1v) is 10.0. The van der Waals surface area contributed by atoms with Gasteiger partial charge in [-0.2, -0.15) is 0 Å². The van der Waals surface area contributed by atoms with Gasteiger partial charge in [0, 0.05) is 18.8 Å². The number of H-pyrrole nitrogens is 1. The number of hydrogen-bond acceptors (Lipinski definition) is 5. The van der Waals surface area contributed by atoms with E-state index in [2.05, 4.69) is 27.2 Å². The lowest BCUT2D eigenvalue weighted by atomic mass is 10.1. The van der Waals surface area contributed by atoms with E-state index < -0.39 is 0 Å². The summed E-state index contributed by atoms with van der Waals surface area (Å²) in [7, 11) is 2.12. The van der Waals surface area contributed by atoms with E-state index in [0.717, 1.165) is 31.7 Å². The molecule has 1 aliphatic rings. The van der Waals surface area contributed by atoms with Crippen molar-refractivity contribution >= 4 is 22.6 Å². The number of ether oxygens (including phenoxy) is 2. The summed E-state index contributed by atoms with van der Waals surface area (Å²) >= 11 is 0. The number of hydrogen-bond donors (Lipinski definition) is 2. The second-order valence-corrected chi connectivity index (χ2v) is 7.53. The van der Waals surface area contributed by atoms with Gasteiger partial charge in [-0.15, -0.1) is 0 Å². The Bertz CT molecular complexity index is 997. The van der Waals surface area contributed by atoms with E-state index in [1.165, 1.54) is 12.1 Å². The Morgan fingerprint density at radius 1 is 1.23 bits per heavy atom. The Balaban J connectivity index is 1.21. The number of rotatable bonds is 7. The smallest absolute Gasteiger partial charge is 0.250 e. The molecule has 1 fully saturated rings. The number of imidazole rings is 1. The van der Waals surface area contributed by atoms with E-state index in [4.69, 9.17) is 9.47 Å². The minimum Gasteiger partial charge on any atom is -0.490 e. The molecule has 0 atom stereocenters. The highest BCUT2D eigenvalue weighted by molar-refractivity contribution is 5.91. The summed E-state index contributed by atoms with van der Waals surface area (Å²) in [5.41, 5.74) is 1.93. The van der Waals surface area contributed by atoms with E-state index in [-0.39, 0.29) is 31.0 Å². The highest BCUT2D eigenvalue weighted by Gasteiger charge is 2.18. The number of piperidine rings is 1. The normalized spacial score (nSPS) is 15.4. The Hall–Kier alpha value is -2.97. The van der Waals surface area contributed by atoms with Crippen LogP contribution in [0.4, 0.5) is 10.1 Å². The first-order chi connectivity index (χ1) is 14.5. The van der Waals surface area contributed by atoms with Crippen LogP contribution < -0.4 is 10.1 Å². The monoisotopic (exact) mass is 412 g/mol. The van der Waals surface area contributed by atoms with Gasteiger partial charge in [-0.25, -0.2) is 9.37 Å². The number of nitrogens with zero attached hydrogens (tertiary/aromatic N) is 2. The molecule has 0 aliphatic carbocycles. The fourth-order valence-corrected chi connectivity index (χ4v) is 3.45. The van der Waals surface area contributed by atoms with Crippen molar-refractivity contribution in [1.82, 2.24) is 14.9 Å². The topological polar surface area (TPSA) is 79.5 Å². The van der Waals surface area contributed by atoms with Gasteiger partial charge in [0.15, 0.2) is 0 Å². The van der Waals surface area contributed by atoms with Gasteiger partial charge < -0.3 is 24.7 Å². The quantitative estimate of drug-likeness (QED) is 0.622. The molecular formula is C22H25FN4O3. The number of nitrogens with one attached hydrogen (secondary N) is 2. The molecule has 2 heterocycles. The Kier molecular flexibility index (Phi) is 6.25. The average Bonchev–Trinajstić information content (AvgIpc) is 3.13. The van der Waals surface area contributed by atoms with Crippen molar-refractivity contribution in [3.8, 4) is 5.75 Å². The van der Waals surface area contributed by atoms with Gasteiger partial charge in [0.2, 0.25) is 5.91 Å². The molecule has 2 aromatic carbocycles. The predicted octanol–water partition coefficient (Wildman–Crippen LogP) is 3.33. The van der Waals surface area contributed by atoms with Gasteiger partial charge in [-0.1, -0.05) is 0 Å². The number of carbonyl (C=O) groups excluding carboxylic acids is 1. The third-order valence-corrected chi connectivity index (χ3v) is 5.07. The molecule has 0 spiro atoms. The van der Waals surface area contributed by atoms with Crippen molar-refractivity contribution in [1.29, 1.82) is 0 Å². The minimum absolute atomic E-state index is 0.112. The predicted molar refractivity (Wildman–Crippen MR) is 112 cm³/mol. The van der Waals surface area contributed by atoms with Crippen LogP contribution >= 0.6 is 0 Å². The molecule has 30 heavy (non-hydrogen) atoms. The Morgan fingerprint density at radius 3 is 2.77 bits per heavy atom. The van der Waals surface area contributed by atoms with Crippen LogP contribution in [0, 0.1) is 5.82 Å². The van der Waals surface area contributed by atoms with E-state index in [0.29, 0.717) is 22.5 Å². The summed E-state index contributed by atoms with van der Waals surface area (Å²) in [4.78, 5) is 21.7. The number of aromatic amines is 1. The third-order valence-electron chi connectivity index (χ3n) is 5.07. The van der Waals surface area contributed by atoms with Crippen molar-refractivity contribution in [2.45, 2.75) is 25.6 Å². The van der Waals surface area contributed by atoms with Crippen LogP contribution in [0.15, 0.2) is 42.5 Å². The van der Waals surface area contributed by atoms with Crippen LogP contribution in [0.2, 0.25) is 0 Å². The SMILES string of the molecule is CN1CCC(Oc2ccc(NC(=O)COCc3nc4ccc(F)cc4[nH]3)cc2)CC1. The lowest BCUT2D eigenvalue weighted by molar-refractivity contribution is -0.121. The van der Waals surface area contributed by atoms with Crippen LogP contribution in [0.3, 0.4) is 0 Å². The zero-order valence-corrected chi connectivity index (χ0v) is 16.9. The van der Waals surface area contributed by atoms with Crippen LogP contribution in [0.25, 0.3) is 11.0 Å². The standard InChI is InChI=1S/C22H25FN4O3/c1-27-10-8-18(9-11-27)30-17-5-3-16(4-6-17)24-22(28)14-29-13-21-25-19-7-2-15(23)12-20(19)26-21/h2-7,12,18H,8-11,13-14H2,1H3,(H,24,28)(H,25,26). The summed E-state index contributed by atoms with van der Waals surface area (Å²) < 4.78 is 24.7. The molecule has 8 heteroatoms. The van der Waals surface area contributed by atoms with E-state index in [9.17, 15) is 9.18 Å². The fourth-order valence-electron chi connectivity index (χ4n) is 3.45. The van der Waals surface area contributed by atoms with Crippen molar-refractivity contribution in [3.63, 3.8) is 0 Å². The summed E-state index contributed by atoms with van der Waals surface area (Å²) in [6.45, 7) is 2.11. The highest BCUT2D eigenvalue weighted by atomic mass is 19.1. The van der Waals surface area contributed by atoms with Crippen LogP contribution in [0.5, 0.6) is 5.75 Å². The summed E-state index contributed by atoms with van der Waals surface area (Å²) in [5, 5.41) is 2.79. The molecule has 4 rings (SSSR count). The highest BCUT2D eigenvalue weighted by Crippen LogP contribution is 2.21. The zero-order chi connectivity index (χ0) is 20.9. The molecule has 1 amide bonds. The molecule has 3 aromatic rings. The molecule has 0 bridgehead atoms. The molecule has 7 nitrogen and oxygen atoms in total. The molecular weight excluding hydrogens is 387 g/mol. The van der Waals surface area contributed by atoms with Crippen molar-refractivity contribution in [2.24, 2.45) is 0 Å².